The number of hydrogen-bond acceptors (Lipinski definition) is 2. The molecule has 0 saturated heterocycles. The van der Waals surface area contributed by atoms with Gasteiger partial charge < -0.3 is 4.48 Å². The van der Waals surface area contributed by atoms with Crippen LogP contribution in [0.3, 0.4) is 0 Å². The number of nitrogens with zero attached hydrogens (tertiary/aromatic N) is 1. The normalized spacial score (nSPS) is 12.3. The highest BCUT2D eigenvalue weighted by molar-refractivity contribution is 7.86. The molecule has 1 aromatic carbocycles. The molecule has 41 heavy (non-hydrogen) atoms. The topological polar surface area (TPSA) is 54.4 Å². The van der Waals surface area contributed by atoms with Crippen LogP contribution in [0.25, 0.3) is 0 Å². The highest BCUT2D eigenvalue weighted by Gasteiger charge is 2.25. The molecular weight excluding hydrogens is 526 g/mol. The molecule has 242 valence electrons. The van der Waals surface area contributed by atoms with Gasteiger partial charge in [0.2, 0.25) is 0 Å². The van der Waals surface area contributed by atoms with E-state index in [1.54, 1.807) is 0 Å². The van der Waals surface area contributed by atoms with Crippen LogP contribution in [0.15, 0.2) is 17.0 Å². The lowest BCUT2D eigenvalue weighted by atomic mass is 9.89. The van der Waals surface area contributed by atoms with Crippen molar-refractivity contribution in [3.8, 4) is 0 Å². The second-order valence-corrected chi connectivity index (χ2v) is 15.6. The van der Waals surface area contributed by atoms with E-state index in [1.807, 2.05) is 39.8 Å². The van der Waals surface area contributed by atoms with Gasteiger partial charge in [-0.25, -0.2) is 0 Å². The Hall–Kier alpha value is -0.910. The summed E-state index contributed by atoms with van der Waals surface area (Å²) < 4.78 is 34.1. The molecule has 0 unspecified atom stereocenters. The van der Waals surface area contributed by atoms with E-state index in [2.05, 4.69) is 41.9 Å². The van der Waals surface area contributed by atoms with Crippen LogP contribution in [-0.2, 0) is 10.1 Å². The van der Waals surface area contributed by atoms with E-state index in [4.69, 9.17) is 0 Å². The Bertz CT molecular complexity index is 869. The van der Waals surface area contributed by atoms with E-state index in [1.165, 1.54) is 109 Å². The minimum atomic E-state index is -4.20. The molecule has 1 N–H and O–H groups in total. The first-order valence-corrected chi connectivity index (χ1v) is 18.5. The van der Waals surface area contributed by atoms with Crippen molar-refractivity contribution in [1.29, 1.82) is 0 Å². The third kappa shape index (κ3) is 19.8. The number of quaternary nitrogens is 1. The maximum absolute atomic E-state index is 11.7. The molecule has 0 aliphatic heterocycles. The lowest BCUT2D eigenvalue weighted by molar-refractivity contribution is -0.870. The molecule has 0 atom stereocenters. The summed E-state index contributed by atoms with van der Waals surface area (Å²) in [7, 11) is 2.69. The Kier molecular flexibility index (Phi) is 21.2. The summed E-state index contributed by atoms with van der Waals surface area (Å²) in [5, 5.41) is 0. The molecular formula is C36H70NO3S+. The van der Waals surface area contributed by atoms with E-state index in [9.17, 15) is 13.0 Å². The summed E-state index contributed by atoms with van der Waals surface area (Å²) >= 11 is 0. The van der Waals surface area contributed by atoms with Crippen LogP contribution < -0.4 is 0 Å². The van der Waals surface area contributed by atoms with Crippen LogP contribution in [0.2, 0.25) is 0 Å². The monoisotopic (exact) mass is 597 g/mol. The standard InChI is InChI=1S/C21H46N.C15H24O3S/c1-5-6-7-8-9-10-11-12-13-14-15-16-17-18-19-20-21-22(2,3)4;1-9(2)12-7-13(10(3)4)15(19(16,17)18)14(8-12)11(5)6/h5-21H2,1-4H3;7-11H,1-6H3,(H,16,17,18)/q+1;. The van der Waals surface area contributed by atoms with E-state index in [0.29, 0.717) is 17.0 Å². The SMILES string of the molecule is CC(C)c1cc(C(C)C)c(S(=O)(=O)O)c(C(C)C)c1.CCCCCCCCCCCCCCCCCC[N+](C)(C)C. The zero-order valence-electron chi connectivity index (χ0n) is 29.0. The number of benzene rings is 1. The quantitative estimate of drug-likeness (QED) is 0.0872. The first-order chi connectivity index (χ1) is 19.1. The Morgan fingerprint density at radius 1 is 0.585 bits per heavy atom. The van der Waals surface area contributed by atoms with Crippen LogP contribution in [0, 0.1) is 0 Å². The smallest absolute Gasteiger partial charge is 0.295 e. The Balaban J connectivity index is 0.000000788. The van der Waals surface area contributed by atoms with Gasteiger partial charge in [0.1, 0.15) is 4.90 Å². The third-order valence-electron chi connectivity index (χ3n) is 8.02. The van der Waals surface area contributed by atoms with Gasteiger partial charge in [-0.15, -0.1) is 0 Å². The molecule has 0 saturated carbocycles. The third-order valence-corrected chi connectivity index (χ3v) is 9.01. The van der Waals surface area contributed by atoms with E-state index >= 15 is 0 Å². The van der Waals surface area contributed by atoms with Crippen molar-refractivity contribution in [2.24, 2.45) is 0 Å². The van der Waals surface area contributed by atoms with Crippen molar-refractivity contribution in [3.05, 3.63) is 28.8 Å². The summed E-state index contributed by atoms with van der Waals surface area (Å²) in [5.41, 5.74) is 2.52. The zero-order chi connectivity index (χ0) is 31.5. The van der Waals surface area contributed by atoms with Gasteiger partial charge in [-0.3, -0.25) is 4.55 Å². The van der Waals surface area contributed by atoms with Gasteiger partial charge in [0.15, 0.2) is 0 Å². The molecule has 4 nitrogen and oxygen atoms in total. The van der Waals surface area contributed by atoms with E-state index in [0.717, 1.165) is 10.0 Å². The molecule has 0 amide bonds. The van der Waals surface area contributed by atoms with Crippen molar-refractivity contribution in [2.45, 2.75) is 174 Å². The van der Waals surface area contributed by atoms with E-state index < -0.39 is 10.1 Å². The van der Waals surface area contributed by atoms with Gasteiger partial charge in [0.05, 0.1) is 27.7 Å². The summed E-state index contributed by atoms with van der Waals surface area (Å²) in [5.74, 6) is 0.423. The fourth-order valence-corrected chi connectivity index (χ4v) is 6.51. The van der Waals surface area contributed by atoms with Crippen LogP contribution in [-0.4, -0.2) is 45.1 Å². The first-order valence-electron chi connectivity index (χ1n) is 17.1. The number of unbranched alkanes of at least 4 members (excludes halogenated alkanes) is 15. The maximum Gasteiger partial charge on any atom is 0.295 e. The zero-order valence-corrected chi connectivity index (χ0v) is 29.8. The molecule has 0 aliphatic carbocycles. The molecule has 0 heterocycles. The maximum atomic E-state index is 11.7. The molecule has 0 aliphatic rings. The molecule has 0 bridgehead atoms. The van der Waals surface area contributed by atoms with Gasteiger partial charge in [-0.1, -0.05) is 150 Å². The summed E-state index contributed by atoms with van der Waals surface area (Å²) in [6, 6.07) is 3.81. The Labute approximate surface area is 257 Å². The number of rotatable bonds is 21. The van der Waals surface area contributed by atoms with Crippen LogP contribution in [0.4, 0.5) is 0 Å². The fraction of sp³-hybridized carbons (Fsp3) is 0.833. The van der Waals surface area contributed by atoms with Gasteiger partial charge in [-0.05, 0) is 47.3 Å². The Morgan fingerprint density at radius 2 is 0.902 bits per heavy atom. The minimum Gasteiger partial charge on any atom is -0.331 e. The predicted molar refractivity (Wildman–Crippen MR) is 181 cm³/mol. The van der Waals surface area contributed by atoms with Crippen molar-refractivity contribution in [2.75, 3.05) is 27.7 Å². The average Bonchev–Trinajstić information content (AvgIpc) is 2.86. The lowest BCUT2D eigenvalue weighted by Gasteiger charge is -2.23. The molecule has 0 spiro atoms. The molecule has 0 fully saturated rings. The van der Waals surface area contributed by atoms with Crippen molar-refractivity contribution >= 4 is 10.1 Å². The van der Waals surface area contributed by atoms with Gasteiger partial charge in [-0.2, -0.15) is 8.42 Å². The van der Waals surface area contributed by atoms with Crippen LogP contribution >= 0.6 is 0 Å². The first kappa shape index (κ1) is 40.1. The predicted octanol–water partition coefficient (Wildman–Crippen LogP) is 11.3. The number of hydrogen-bond donors (Lipinski definition) is 1. The highest BCUT2D eigenvalue weighted by Crippen LogP contribution is 2.34. The lowest BCUT2D eigenvalue weighted by Crippen LogP contribution is -2.35. The Morgan fingerprint density at radius 3 is 1.15 bits per heavy atom. The van der Waals surface area contributed by atoms with Gasteiger partial charge >= 0.3 is 0 Å². The molecule has 5 heteroatoms. The second kappa shape index (κ2) is 21.7. The molecule has 1 aromatic rings. The molecule has 0 radical (unpaired) electrons. The largest absolute Gasteiger partial charge is 0.331 e. The molecule has 1 rings (SSSR count). The highest BCUT2D eigenvalue weighted by atomic mass is 32.2. The average molecular weight is 597 g/mol. The van der Waals surface area contributed by atoms with Crippen LogP contribution in [0.1, 0.15) is 186 Å². The fourth-order valence-electron chi connectivity index (χ4n) is 5.32. The van der Waals surface area contributed by atoms with Crippen molar-refractivity contribution in [1.82, 2.24) is 0 Å². The summed E-state index contributed by atoms with van der Waals surface area (Å²) in [6.07, 6.45) is 23.4. The van der Waals surface area contributed by atoms with E-state index in [-0.39, 0.29) is 16.7 Å². The minimum absolute atomic E-state index is 0.0492. The van der Waals surface area contributed by atoms with Gasteiger partial charge in [0.25, 0.3) is 10.1 Å². The second-order valence-electron chi connectivity index (χ2n) is 14.3. The van der Waals surface area contributed by atoms with Crippen molar-refractivity contribution < 1.29 is 17.5 Å². The molecule has 0 aromatic heterocycles. The summed E-state index contributed by atoms with van der Waals surface area (Å²) in [6.45, 7) is 15.6. The van der Waals surface area contributed by atoms with Crippen LogP contribution in [0.5, 0.6) is 0 Å². The van der Waals surface area contributed by atoms with Crippen molar-refractivity contribution in [3.63, 3.8) is 0 Å². The summed E-state index contributed by atoms with van der Waals surface area (Å²) in [4.78, 5) is 0.0990. The van der Waals surface area contributed by atoms with Gasteiger partial charge in [0, 0.05) is 0 Å².